The van der Waals surface area contributed by atoms with Crippen molar-refractivity contribution in [3.8, 4) is 0 Å². The van der Waals surface area contributed by atoms with E-state index in [9.17, 15) is 4.39 Å². The molecule has 10 heavy (non-hydrogen) atoms. The molecule has 0 aliphatic rings. The first-order valence-electron chi connectivity index (χ1n) is 3.05. The number of rotatable bonds is 1. The maximum Gasteiger partial charge on any atom is 0.176 e. The molecule has 1 aromatic carbocycles. The summed E-state index contributed by atoms with van der Waals surface area (Å²) in [5, 5.41) is 0. The summed E-state index contributed by atoms with van der Waals surface area (Å²) in [5.74, 6) is 0. The Bertz CT molecular complexity index is 220. The highest BCUT2D eigenvalue weighted by molar-refractivity contribution is 14.1. The fraction of sp³-hybridized carbons (Fsp3) is 0.250. The van der Waals surface area contributed by atoms with Gasteiger partial charge in [-0.15, -0.1) is 0 Å². The van der Waals surface area contributed by atoms with Crippen LogP contribution >= 0.6 is 22.6 Å². The molecule has 1 rings (SSSR count). The van der Waals surface area contributed by atoms with Gasteiger partial charge in [-0.2, -0.15) is 0 Å². The van der Waals surface area contributed by atoms with Crippen LogP contribution in [0.3, 0.4) is 0 Å². The van der Waals surface area contributed by atoms with E-state index in [2.05, 4.69) is 0 Å². The number of benzene rings is 1. The van der Waals surface area contributed by atoms with Gasteiger partial charge in [0, 0.05) is 0 Å². The average Bonchev–Trinajstić information content (AvgIpc) is 1.88. The Hall–Kier alpha value is -0.120. The van der Waals surface area contributed by atoms with Gasteiger partial charge in [-0.25, -0.2) is 4.39 Å². The molecule has 1 aromatic rings. The zero-order valence-electron chi connectivity index (χ0n) is 5.64. The lowest BCUT2D eigenvalue weighted by atomic mass is 10.2. The molecule has 0 radical (unpaired) electrons. The molecule has 0 bridgehead atoms. The first-order chi connectivity index (χ1) is 4.70. The van der Waals surface area contributed by atoms with Crippen molar-refractivity contribution >= 4 is 22.6 Å². The van der Waals surface area contributed by atoms with E-state index >= 15 is 0 Å². The topological polar surface area (TPSA) is 0 Å². The molecular weight excluding hydrogens is 242 g/mol. The van der Waals surface area contributed by atoms with E-state index in [0.717, 1.165) is 11.1 Å². The summed E-state index contributed by atoms with van der Waals surface area (Å²) in [4.78, 5) is 0. The van der Waals surface area contributed by atoms with Crippen molar-refractivity contribution in [2.24, 2.45) is 0 Å². The molecule has 0 fully saturated rings. The van der Waals surface area contributed by atoms with Crippen molar-refractivity contribution < 1.29 is 4.39 Å². The van der Waals surface area contributed by atoms with Crippen LogP contribution in [0.2, 0.25) is 0 Å². The number of hydrogen-bond donors (Lipinski definition) is 0. The summed E-state index contributed by atoms with van der Waals surface area (Å²) in [6.07, 6.45) is 0. The standard InChI is InChI=1S/C8H8FI/c1-6-3-2-4-7(5-6)8(9)10/h2-5,8H,1H3. The van der Waals surface area contributed by atoms with E-state index in [1.807, 2.05) is 25.1 Å². The Balaban J connectivity index is 2.96. The van der Waals surface area contributed by atoms with Crippen molar-refractivity contribution in [3.63, 3.8) is 0 Å². The molecular formula is C8H8FI. The Kier molecular flexibility index (Phi) is 2.65. The molecule has 0 N–H and O–H groups in total. The third kappa shape index (κ3) is 1.94. The summed E-state index contributed by atoms with van der Waals surface area (Å²) < 4.78 is 11.7. The molecule has 0 aliphatic heterocycles. The average molecular weight is 250 g/mol. The van der Waals surface area contributed by atoms with Crippen LogP contribution in [-0.2, 0) is 0 Å². The predicted molar refractivity (Wildman–Crippen MR) is 49.0 cm³/mol. The lowest BCUT2D eigenvalue weighted by molar-refractivity contribution is 0.490. The minimum absolute atomic E-state index is 0.751. The van der Waals surface area contributed by atoms with Crippen LogP contribution in [0.5, 0.6) is 0 Å². The fourth-order valence-electron chi connectivity index (χ4n) is 0.806. The number of halogens is 2. The predicted octanol–water partition coefficient (Wildman–Crippen LogP) is 3.40. The van der Waals surface area contributed by atoms with E-state index in [1.165, 1.54) is 0 Å². The first kappa shape index (κ1) is 7.98. The van der Waals surface area contributed by atoms with Crippen LogP contribution in [0, 0.1) is 6.92 Å². The Morgan fingerprint density at radius 1 is 1.50 bits per heavy atom. The van der Waals surface area contributed by atoms with Crippen molar-refractivity contribution in [3.05, 3.63) is 35.4 Å². The normalized spacial score (nSPS) is 13.1. The maximum atomic E-state index is 12.6. The van der Waals surface area contributed by atoms with Gasteiger partial charge in [0.25, 0.3) is 0 Å². The molecule has 0 nitrogen and oxygen atoms in total. The van der Waals surface area contributed by atoms with Gasteiger partial charge >= 0.3 is 0 Å². The third-order valence-electron chi connectivity index (χ3n) is 1.29. The molecule has 0 saturated heterocycles. The highest BCUT2D eigenvalue weighted by Gasteiger charge is 2.01. The van der Waals surface area contributed by atoms with Gasteiger partial charge in [-0.1, -0.05) is 29.8 Å². The molecule has 0 aliphatic carbocycles. The second kappa shape index (κ2) is 3.32. The molecule has 1 atom stereocenters. The Morgan fingerprint density at radius 2 is 2.20 bits per heavy atom. The van der Waals surface area contributed by atoms with E-state index in [-0.39, 0.29) is 0 Å². The molecule has 2 heteroatoms. The number of hydrogen-bond acceptors (Lipinski definition) is 0. The molecule has 0 aromatic heterocycles. The summed E-state index contributed by atoms with van der Waals surface area (Å²) in [5.41, 5.74) is 1.86. The van der Waals surface area contributed by atoms with Crippen LogP contribution in [0.15, 0.2) is 24.3 Å². The van der Waals surface area contributed by atoms with Crippen molar-refractivity contribution in [2.45, 2.75) is 11.1 Å². The molecule has 0 amide bonds. The quantitative estimate of drug-likeness (QED) is 0.529. The number of alkyl halides is 2. The summed E-state index contributed by atoms with van der Waals surface area (Å²) >= 11 is 1.76. The highest BCUT2D eigenvalue weighted by atomic mass is 127. The van der Waals surface area contributed by atoms with E-state index in [1.54, 1.807) is 28.7 Å². The zero-order chi connectivity index (χ0) is 7.56. The summed E-state index contributed by atoms with van der Waals surface area (Å²) in [6.45, 7) is 1.96. The minimum Gasteiger partial charge on any atom is -0.231 e. The Labute approximate surface area is 73.6 Å². The lowest BCUT2D eigenvalue weighted by Gasteiger charge is -1.99. The monoisotopic (exact) mass is 250 g/mol. The minimum atomic E-state index is -0.877. The third-order valence-corrected chi connectivity index (χ3v) is 2.01. The van der Waals surface area contributed by atoms with Crippen LogP contribution in [0.25, 0.3) is 0 Å². The van der Waals surface area contributed by atoms with Gasteiger partial charge < -0.3 is 0 Å². The molecule has 0 heterocycles. The second-order valence-corrected chi connectivity index (χ2v) is 3.31. The summed E-state index contributed by atoms with van der Waals surface area (Å²) in [7, 11) is 0. The van der Waals surface area contributed by atoms with Crippen LogP contribution in [0.1, 0.15) is 15.3 Å². The molecule has 1 unspecified atom stereocenters. The van der Waals surface area contributed by atoms with Gasteiger partial charge in [-0.3, -0.25) is 0 Å². The van der Waals surface area contributed by atoms with Crippen LogP contribution in [-0.4, -0.2) is 0 Å². The molecule has 0 spiro atoms. The lowest BCUT2D eigenvalue weighted by Crippen LogP contribution is -1.81. The second-order valence-electron chi connectivity index (χ2n) is 2.21. The smallest absolute Gasteiger partial charge is 0.176 e. The number of aryl methyl sites for hydroxylation is 1. The van der Waals surface area contributed by atoms with E-state index in [4.69, 9.17) is 0 Å². The largest absolute Gasteiger partial charge is 0.231 e. The van der Waals surface area contributed by atoms with Crippen LogP contribution < -0.4 is 0 Å². The zero-order valence-corrected chi connectivity index (χ0v) is 7.80. The highest BCUT2D eigenvalue weighted by Crippen LogP contribution is 2.24. The van der Waals surface area contributed by atoms with Crippen LogP contribution in [0.4, 0.5) is 4.39 Å². The Morgan fingerprint density at radius 3 is 2.60 bits per heavy atom. The van der Waals surface area contributed by atoms with Gasteiger partial charge in [0.05, 0.1) is 0 Å². The molecule has 54 valence electrons. The SMILES string of the molecule is Cc1cccc(C(F)I)c1. The van der Waals surface area contributed by atoms with Gasteiger partial charge in [0.15, 0.2) is 4.18 Å². The van der Waals surface area contributed by atoms with E-state index in [0.29, 0.717) is 0 Å². The summed E-state index contributed by atoms with van der Waals surface area (Å²) in [6, 6.07) is 7.49. The van der Waals surface area contributed by atoms with Gasteiger partial charge in [0.1, 0.15) is 0 Å². The van der Waals surface area contributed by atoms with Crippen molar-refractivity contribution in [2.75, 3.05) is 0 Å². The first-order valence-corrected chi connectivity index (χ1v) is 4.29. The molecule has 0 saturated carbocycles. The van der Waals surface area contributed by atoms with Gasteiger partial charge in [-0.05, 0) is 35.1 Å². The van der Waals surface area contributed by atoms with Crippen molar-refractivity contribution in [1.82, 2.24) is 0 Å². The van der Waals surface area contributed by atoms with Crippen molar-refractivity contribution in [1.29, 1.82) is 0 Å². The van der Waals surface area contributed by atoms with Gasteiger partial charge in [0.2, 0.25) is 0 Å². The van der Waals surface area contributed by atoms with E-state index < -0.39 is 4.18 Å². The maximum absolute atomic E-state index is 12.6. The fourth-order valence-corrected chi connectivity index (χ4v) is 1.19.